The van der Waals surface area contributed by atoms with E-state index in [2.05, 4.69) is 4.36 Å². The van der Waals surface area contributed by atoms with E-state index < -0.39 is 10.0 Å². The van der Waals surface area contributed by atoms with E-state index in [1.165, 1.54) is 23.0 Å². The average molecular weight is 492 g/mol. The number of hydrogen-bond acceptors (Lipinski definition) is 7. The molecule has 0 spiro atoms. The summed E-state index contributed by atoms with van der Waals surface area (Å²) in [7, 11) is -3.85. The van der Waals surface area contributed by atoms with Gasteiger partial charge in [-0.15, -0.1) is 22.7 Å². The third kappa shape index (κ3) is 4.43. The predicted molar refractivity (Wildman–Crippen MR) is 134 cm³/mol. The summed E-state index contributed by atoms with van der Waals surface area (Å²) in [6.07, 6.45) is 0.370. The van der Waals surface area contributed by atoms with Crippen LogP contribution in [0.1, 0.15) is 16.1 Å². The second kappa shape index (κ2) is 8.72. The topological polar surface area (TPSA) is 85.6 Å². The average Bonchev–Trinajstić information content (AvgIpc) is 3.50. The smallest absolute Gasteiger partial charge is 0.127 e. The Morgan fingerprint density at radius 2 is 1.79 bits per heavy atom. The first kappa shape index (κ1) is 21.8. The minimum Gasteiger partial charge on any atom is -0.759 e. The standard InChI is InChI=1S/C25H20N2O3S3/c1-16-8-10-17(11-9-16)22-15-32-23(26-22)14-18-13-21(19-5-2-3-6-20(19)25(18)28)27-33(29,30)24-7-4-12-31-24/h2-13,15,28H,14H2,1H3,(H,27,29,30)/p-1. The molecule has 0 aliphatic heterocycles. The van der Waals surface area contributed by atoms with Gasteiger partial charge in [-0.1, -0.05) is 60.2 Å². The van der Waals surface area contributed by atoms with Crippen molar-refractivity contribution in [1.29, 1.82) is 0 Å². The summed E-state index contributed by atoms with van der Waals surface area (Å²) in [5, 5.41) is 16.6. The van der Waals surface area contributed by atoms with Crippen molar-refractivity contribution in [3.63, 3.8) is 0 Å². The number of rotatable bonds is 5. The molecular weight excluding hydrogens is 472 g/mol. The molecule has 0 fully saturated rings. The molecule has 5 rings (SSSR count). The lowest BCUT2D eigenvalue weighted by atomic mass is 10.0. The molecule has 0 aliphatic carbocycles. The molecule has 1 N–H and O–H groups in total. The van der Waals surface area contributed by atoms with Gasteiger partial charge >= 0.3 is 0 Å². The Morgan fingerprint density at radius 3 is 2.52 bits per heavy atom. The highest BCUT2D eigenvalue weighted by atomic mass is 32.3. The van der Waals surface area contributed by atoms with Gasteiger partial charge in [-0.2, -0.15) is 0 Å². The summed E-state index contributed by atoms with van der Waals surface area (Å²) < 4.78 is 29.9. The van der Waals surface area contributed by atoms with Gasteiger partial charge in [0.1, 0.15) is 5.75 Å². The first-order valence-corrected chi connectivity index (χ1v) is 13.4. The molecule has 1 unspecified atom stereocenters. The molecule has 0 saturated heterocycles. The Hall–Kier alpha value is -3.04. The van der Waals surface area contributed by atoms with E-state index in [4.69, 9.17) is 4.98 Å². The van der Waals surface area contributed by atoms with Gasteiger partial charge in [0.25, 0.3) is 0 Å². The minimum absolute atomic E-state index is 0.116. The van der Waals surface area contributed by atoms with Gasteiger partial charge in [-0.25, -0.2) is 9.35 Å². The van der Waals surface area contributed by atoms with Crippen molar-refractivity contribution in [2.45, 2.75) is 17.6 Å². The highest BCUT2D eigenvalue weighted by molar-refractivity contribution is 7.90. The van der Waals surface area contributed by atoms with Crippen LogP contribution in [0.5, 0.6) is 5.75 Å². The Kier molecular flexibility index (Phi) is 5.76. The number of phenolic OH excluding ortho intramolecular Hbond substituents is 1. The number of thiazole rings is 1. The fourth-order valence-electron chi connectivity index (χ4n) is 3.60. The summed E-state index contributed by atoms with van der Waals surface area (Å²) in [5.41, 5.74) is 3.98. The van der Waals surface area contributed by atoms with Gasteiger partial charge in [0.15, 0.2) is 0 Å². The maximum Gasteiger partial charge on any atom is 0.127 e. The van der Waals surface area contributed by atoms with Crippen molar-refractivity contribution in [3.05, 3.63) is 93.6 Å². The number of nitrogens with zero attached hydrogens (tertiary/aromatic N) is 2. The molecule has 0 bridgehead atoms. The van der Waals surface area contributed by atoms with Crippen LogP contribution in [0.25, 0.3) is 22.0 Å². The van der Waals surface area contributed by atoms with Crippen molar-refractivity contribution in [3.8, 4) is 17.0 Å². The van der Waals surface area contributed by atoms with Crippen LogP contribution >= 0.6 is 22.7 Å². The van der Waals surface area contributed by atoms with Crippen molar-refractivity contribution < 1.29 is 13.9 Å². The summed E-state index contributed by atoms with van der Waals surface area (Å²) in [6, 6.07) is 20.2. The highest BCUT2D eigenvalue weighted by Gasteiger charge is 2.15. The summed E-state index contributed by atoms with van der Waals surface area (Å²) in [4.78, 5) is 4.73. The largest absolute Gasteiger partial charge is 0.759 e. The summed E-state index contributed by atoms with van der Waals surface area (Å²) >= 11 is 2.63. The van der Waals surface area contributed by atoms with Crippen LogP contribution in [0.3, 0.4) is 0 Å². The molecule has 2 aromatic heterocycles. The molecule has 0 aliphatic rings. The Bertz CT molecular complexity index is 1560. The molecule has 5 nitrogen and oxygen atoms in total. The van der Waals surface area contributed by atoms with Gasteiger partial charge in [0.05, 0.1) is 20.6 Å². The van der Waals surface area contributed by atoms with Crippen molar-refractivity contribution in [1.82, 2.24) is 4.98 Å². The van der Waals surface area contributed by atoms with Crippen molar-refractivity contribution in [2.24, 2.45) is 4.36 Å². The maximum absolute atomic E-state index is 12.8. The second-order valence-corrected chi connectivity index (χ2v) is 11.3. The molecular formula is C25H19N2O3S3-. The minimum atomic E-state index is -3.85. The molecule has 0 radical (unpaired) electrons. The molecule has 8 heteroatoms. The number of benzene rings is 3. The first-order chi connectivity index (χ1) is 15.9. The maximum atomic E-state index is 12.8. The number of hydrogen-bond donors (Lipinski definition) is 1. The molecule has 3 aromatic carbocycles. The Labute approximate surface area is 200 Å². The van der Waals surface area contributed by atoms with Crippen LogP contribution < -0.4 is 0 Å². The van der Waals surface area contributed by atoms with Gasteiger partial charge in [-0.05, 0) is 24.4 Å². The fourth-order valence-corrected chi connectivity index (χ4v) is 6.39. The quantitative estimate of drug-likeness (QED) is 0.289. The van der Waals surface area contributed by atoms with Crippen LogP contribution in [-0.4, -0.2) is 18.9 Å². The van der Waals surface area contributed by atoms with Crippen LogP contribution in [-0.2, 0) is 16.4 Å². The Morgan fingerprint density at radius 1 is 1.03 bits per heavy atom. The van der Waals surface area contributed by atoms with Gasteiger partial charge < -0.3 is 9.66 Å². The molecule has 0 saturated carbocycles. The highest BCUT2D eigenvalue weighted by Crippen LogP contribution is 2.39. The molecule has 0 amide bonds. The number of aryl methyl sites for hydroxylation is 1. The number of aromatic nitrogens is 1. The SMILES string of the molecule is Cc1ccc(-c2csc(Cc3cc(N=S(=O)([O-])c4cccs4)c4ccccc4c3O)n2)cc1. The fraction of sp³-hybridized carbons (Fsp3) is 0.0800. The van der Waals surface area contributed by atoms with E-state index in [1.54, 1.807) is 35.7 Å². The number of phenols is 1. The molecule has 5 aromatic rings. The summed E-state index contributed by atoms with van der Waals surface area (Å²) in [5.74, 6) is 0.116. The molecule has 1 atom stereocenters. The van der Waals surface area contributed by atoms with E-state index in [1.807, 2.05) is 42.6 Å². The first-order valence-electron chi connectivity index (χ1n) is 10.2. The van der Waals surface area contributed by atoms with Crippen LogP contribution in [0, 0.1) is 6.92 Å². The van der Waals surface area contributed by atoms with E-state index in [9.17, 15) is 13.9 Å². The monoisotopic (exact) mass is 491 g/mol. The lowest BCUT2D eigenvalue weighted by molar-refractivity contribution is 0.476. The molecule has 33 heavy (non-hydrogen) atoms. The third-order valence-electron chi connectivity index (χ3n) is 5.28. The lowest BCUT2D eigenvalue weighted by Crippen LogP contribution is -1.96. The van der Waals surface area contributed by atoms with E-state index in [0.717, 1.165) is 27.6 Å². The van der Waals surface area contributed by atoms with E-state index in [-0.39, 0.29) is 9.96 Å². The molecule has 2 heterocycles. The predicted octanol–water partition coefficient (Wildman–Crippen LogP) is 6.92. The number of thiophene rings is 1. The normalized spacial score (nSPS) is 13.2. The van der Waals surface area contributed by atoms with Crippen LogP contribution in [0.4, 0.5) is 5.69 Å². The zero-order valence-corrected chi connectivity index (χ0v) is 20.0. The Balaban J connectivity index is 1.58. The summed E-state index contributed by atoms with van der Waals surface area (Å²) in [6.45, 7) is 2.04. The van der Waals surface area contributed by atoms with E-state index >= 15 is 0 Å². The number of aromatic hydroxyl groups is 1. The van der Waals surface area contributed by atoms with Gasteiger partial charge in [0.2, 0.25) is 0 Å². The van der Waals surface area contributed by atoms with Crippen molar-refractivity contribution in [2.75, 3.05) is 0 Å². The van der Waals surface area contributed by atoms with Crippen molar-refractivity contribution >= 4 is 49.1 Å². The van der Waals surface area contributed by atoms with E-state index in [0.29, 0.717) is 28.4 Å². The van der Waals surface area contributed by atoms with Crippen LogP contribution in [0.15, 0.2) is 86.1 Å². The second-order valence-electron chi connectivity index (χ2n) is 7.62. The molecule has 166 valence electrons. The van der Waals surface area contributed by atoms with Gasteiger partial charge in [0, 0.05) is 43.7 Å². The lowest BCUT2D eigenvalue weighted by Gasteiger charge is -2.15. The third-order valence-corrected chi connectivity index (χ3v) is 8.79. The van der Waals surface area contributed by atoms with Gasteiger partial charge in [-0.3, -0.25) is 4.21 Å². The zero-order chi connectivity index (χ0) is 23.0. The van der Waals surface area contributed by atoms with Crippen LogP contribution in [0.2, 0.25) is 0 Å². The number of fused-ring (bicyclic) bond motifs is 1. The zero-order valence-electron chi connectivity index (χ0n) is 17.6.